The summed E-state index contributed by atoms with van der Waals surface area (Å²) in [5.41, 5.74) is 5.78. The van der Waals surface area contributed by atoms with Gasteiger partial charge >= 0.3 is 5.97 Å². The summed E-state index contributed by atoms with van der Waals surface area (Å²) in [5, 5.41) is 11.5. The number of primary amides is 1. The van der Waals surface area contributed by atoms with Gasteiger partial charge in [0.1, 0.15) is 23.2 Å². The number of amides is 2. The zero-order valence-corrected chi connectivity index (χ0v) is 21.6. The quantitative estimate of drug-likeness (QED) is 0.207. The van der Waals surface area contributed by atoms with Gasteiger partial charge < -0.3 is 20.5 Å². The van der Waals surface area contributed by atoms with Crippen molar-refractivity contribution in [2.45, 2.75) is 25.2 Å². The van der Waals surface area contributed by atoms with Gasteiger partial charge in [0.15, 0.2) is 11.0 Å². The fourth-order valence-electron chi connectivity index (χ4n) is 3.06. The highest BCUT2D eigenvalue weighted by Crippen LogP contribution is 2.34. The number of allylic oxidation sites excluding steroid dienone is 1. The second-order valence-electron chi connectivity index (χ2n) is 7.11. The van der Waals surface area contributed by atoms with Crippen molar-refractivity contribution >= 4 is 57.5 Å². The number of rotatable bonds is 11. The first-order valence-corrected chi connectivity index (χ1v) is 12.4. The van der Waals surface area contributed by atoms with Crippen LogP contribution in [0.2, 0.25) is 5.02 Å². The fraction of sp³-hybridized carbons (Fsp3) is 0.227. The lowest BCUT2D eigenvalue weighted by Gasteiger charge is -2.10. The van der Waals surface area contributed by atoms with E-state index in [1.54, 1.807) is 17.6 Å². The molecule has 0 spiro atoms. The molecule has 2 aromatic heterocycles. The molecule has 0 atom stereocenters. The monoisotopic (exact) mass is 553 g/mol. The van der Waals surface area contributed by atoms with E-state index in [4.69, 9.17) is 26.8 Å². The summed E-state index contributed by atoms with van der Waals surface area (Å²) < 4.78 is 25.3. The number of carbonyl (C=O) groups is 3. The number of hydrogen-bond acceptors (Lipinski definition) is 9. The first-order valence-electron chi connectivity index (χ1n) is 10.2. The maximum Gasteiger partial charge on any atom is 0.341 e. The number of carbonyl (C=O) groups excluding carboxylic acids is 3. The van der Waals surface area contributed by atoms with Gasteiger partial charge in [0.2, 0.25) is 5.91 Å². The molecule has 2 heterocycles. The molecule has 0 saturated carbocycles. The average Bonchev–Trinajstić information content (AvgIpc) is 3.37. The number of halogens is 2. The summed E-state index contributed by atoms with van der Waals surface area (Å²) in [7, 11) is 1.20. The molecule has 14 heteroatoms. The number of hydrogen-bond donors (Lipinski definition) is 2. The Balaban J connectivity index is 1.71. The van der Waals surface area contributed by atoms with Crippen LogP contribution in [0.3, 0.4) is 0 Å². The SMILES string of the molecule is C=CCn1c(COc2ccc(F)cc2Cl)nnc1SCC(=O)Nc1sc(C(N)=O)c(C)c1C(=O)OC. The van der Waals surface area contributed by atoms with Crippen molar-refractivity contribution in [3.63, 3.8) is 0 Å². The molecule has 0 radical (unpaired) electrons. The molecular weight excluding hydrogens is 533 g/mol. The number of nitrogens with two attached hydrogens (primary N) is 1. The van der Waals surface area contributed by atoms with Gasteiger partial charge in [-0.15, -0.1) is 28.1 Å². The fourth-order valence-corrected chi connectivity index (χ4v) is 5.11. The van der Waals surface area contributed by atoms with Crippen LogP contribution < -0.4 is 15.8 Å². The molecule has 10 nitrogen and oxygen atoms in total. The average molecular weight is 554 g/mol. The lowest BCUT2D eigenvalue weighted by atomic mass is 10.1. The summed E-state index contributed by atoms with van der Waals surface area (Å²) in [5.74, 6) is -1.71. The minimum absolute atomic E-state index is 0.00813. The molecule has 0 aliphatic carbocycles. The number of benzene rings is 1. The van der Waals surface area contributed by atoms with Crippen LogP contribution in [0.4, 0.5) is 9.39 Å². The second-order valence-corrected chi connectivity index (χ2v) is 9.48. The Kier molecular flexibility index (Phi) is 9.07. The van der Waals surface area contributed by atoms with Crippen LogP contribution in [-0.4, -0.2) is 45.4 Å². The largest absolute Gasteiger partial charge is 0.484 e. The van der Waals surface area contributed by atoms with E-state index in [9.17, 15) is 18.8 Å². The smallest absolute Gasteiger partial charge is 0.341 e. The molecule has 3 aromatic rings. The number of ether oxygens (including phenoxy) is 2. The van der Waals surface area contributed by atoms with Crippen LogP contribution in [0.15, 0.2) is 36.0 Å². The van der Waals surface area contributed by atoms with Gasteiger partial charge in [-0.2, -0.15) is 0 Å². The Morgan fingerprint density at radius 1 is 1.36 bits per heavy atom. The van der Waals surface area contributed by atoms with E-state index in [-0.39, 0.29) is 38.6 Å². The molecule has 36 heavy (non-hydrogen) atoms. The third kappa shape index (κ3) is 6.22. The van der Waals surface area contributed by atoms with Gasteiger partial charge in [0.25, 0.3) is 5.91 Å². The van der Waals surface area contributed by atoms with Crippen molar-refractivity contribution in [2.75, 3.05) is 18.2 Å². The zero-order chi connectivity index (χ0) is 26.4. The maximum atomic E-state index is 13.2. The van der Waals surface area contributed by atoms with Gasteiger partial charge in [-0.1, -0.05) is 29.4 Å². The van der Waals surface area contributed by atoms with E-state index in [0.717, 1.165) is 29.2 Å². The highest BCUT2D eigenvalue weighted by Gasteiger charge is 2.25. The van der Waals surface area contributed by atoms with Crippen molar-refractivity contribution in [1.82, 2.24) is 14.8 Å². The Morgan fingerprint density at radius 3 is 2.75 bits per heavy atom. The number of aromatic nitrogens is 3. The van der Waals surface area contributed by atoms with E-state index in [2.05, 4.69) is 22.1 Å². The minimum Gasteiger partial charge on any atom is -0.484 e. The molecular formula is C22H21ClFN5O5S2. The summed E-state index contributed by atoms with van der Waals surface area (Å²) in [4.78, 5) is 36.7. The molecule has 0 bridgehead atoms. The third-order valence-electron chi connectivity index (χ3n) is 4.70. The van der Waals surface area contributed by atoms with E-state index in [0.29, 0.717) is 23.1 Å². The van der Waals surface area contributed by atoms with Gasteiger partial charge in [-0.25, -0.2) is 9.18 Å². The molecule has 3 rings (SSSR count). The number of methoxy groups -OCH3 is 1. The van der Waals surface area contributed by atoms with Crippen molar-refractivity contribution in [3.8, 4) is 5.75 Å². The minimum atomic E-state index is -0.716. The predicted molar refractivity (Wildman–Crippen MR) is 134 cm³/mol. The summed E-state index contributed by atoms with van der Waals surface area (Å²) in [6.07, 6.45) is 1.63. The van der Waals surface area contributed by atoms with Crippen molar-refractivity contribution in [3.05, 3.63) is 63.5 Å². The summed E-state index contributed by atoms with van der Waals surface area (Å²) >= 11 is 7.99. The standard InChI is InChI=1S/C22H21ClFN5O5S2/c1-4-7-29-15(9-34-14-6-5-12(24)8-13(14)23)27-28-22(29)35-10-16(30)26-20-17(21(32)33-3)11(2)18(36-20)19(25)31/h4-6,8H,1,7,9-10H2,2-3H3,(H2,25,31)(H,26,30). The van der Waals surface area contributed by atoms with Crippen molar-refractivity contribution in [1.29, 1.82) is 0 Å². The van der Waals surface area contributed by atoms with Crippen molar-refractivity contribution < 1.29 is 28.2 Å². The Morgan fingerprint density at radius 2 is 2.11 bits per heavy atom. The highest BCUT2D eigenvalue weighted by atomic mass is 35.5. The summed E-state index contributed by atoms with van der Waals surface area (Å²) in [6.45, 7) is 5.60. The molecule has 3 N–H and O–H groups in total. The van der Waals surface area contributed by atoms with Crippen LogP contribution in [0.5, 0.6) is 5.75 Å². The number of anilines is 1. The Labute approximate surface area is 218 Å². The van der Waals surface area contributed by atoms with E-state index in [1.165, 1.54) is 19.2 Å². The molecule has 1 aromatic carbocycles. The number of esters is 1. The van der Waals surface area contributed by atoms with Crippen LogP contribution in [0, 0.1) is 12.7 Å². The van der Waals surface area contributed by atoms with Crippen molar-refractivity contribution in [2.24, 2.45) is 5.73 Å². The lowest BCUT2D eigenvalue weighted by molar-refractivity contribution is -0.113. The molecule has 0 saturated heterocycles. The van der Waals surface area contributed by atoms with E-state index >= 15 is 0 Å². The van der Waals surface area contributed by atoms with Gasteiger partial charge in [-0.05, 0) is 30.7 Å². The first kappa shape index (κ1) is 27.2. The van der Waals surface area contributed by atoms with Gasteiger partial charge in [-0.3, -0.25) is 14.2 Å². The Bertz CT molecular complexity index is 1330. The van der Waals surface area contributed by atoms with E-state index in [1.807, 2.05) is 0 Å². The predicted octanol–water partition coefficient (Wildman–Crippen LogP) is 3.82. The third-order valence-corrected chi connectivity index (χ3v) is 7.19. The number of nitrogens with one attached hydrogen (secondary N) is 1. The number of thioether (sulfide) groups is 1. The number of nitrogens with zero attached hydrogens (tertiary/aromatic N) is 3. The Hall–Kier alpha value is -3.42. The molecule has 0 fully saturated rings. The topological polar surface area (TPSA) is 138 Å². The molecule has 0 unspecified atom stereocenters. The molecule has 190 valence electrons. The normalized spacial score (nSPS) is 10.7. The first-order chi connectivity index (χ1) is 17.2. The van der Waals surface area contributed by atoms with Gasteiger partial charge in [0.05, 0.1) is 28.3 Å². The maximum absolute atomic E-state index is 13.2. The molecule has 0 aliphatic heterocycles. The van der Waals surface area contributed by atoms with E-state index < -0.39 is 23.6 Å². The lowest BCUT2D eigenvalue weighted by Crippen LogP contribution is -2.16. The number of thiophene rings is 1. The molecule has 0 aliphatic rings. The van der Waals surface area contributed by atoms with Crippen LogP contribution >= 0.6 is 34.7 Å². The summed E-state index contributed by atoms with van der Waals surface area (Å²) in [6, 6.07) is 3.77. The van der Waals surface area contributed by atoms with Crippen LogP contribution in [0.25, 0.3) is 0 Å². The zero-order valence-electron chi connectivity index (χ0n) is 19.2. The molecule has 2 amide bonds. The highest BCUT2D eigenvalue weighted by molar-refractivity contribution is 7.99. The van der Waals surface area contributed by atoms with Crippen LogP contribution in [-0.2, 0) is 22.7 Å². The van der Waals surface area contributed by atoms with Gasteiger partial charge in [0, 0.05) is 6.54 Å². The second kappa shape index (κ2) is 12.0. The van der Waals surface area contributed by atoms with Crippen LogP contribution in [0.1, 0.15) is 31.4 Å².